The molecule has 2 unspecified atom stereocenters. The molecule has 0 bridgehead atoms. The fourth-order valence-corrected chi connectivity index (χ4v) is 1.33. The molecule has 0 spiro atoms. The van der Waals surface area contributed by atoms with Gasteiger partial charge in [0.1, 0.15) is 12.0 Å². The highest BCUT2D eigenvalue weighted by molar-refractivity contribution is 5.88. The number of carbonyl (C=O) groups is 3. The van der Waals surface area contributed by atoms with Crippen LogP contribution in [-0.2, 0) is 9.59 Å². The summed E-state index contributed by atoms with van der Waals surface area (Å²) in [6, 6.07) is -2.65. The Morgan fingerprint density at radius 2 is 1.76 bits per heavy atom. The lowest BCUT2D eigenvalue weighted by Gasteiger charge is -2.28. The van der Waals surface area contributed by atoms with E-state index in [-0.39, 0.29) is 6.54 Å². The van der Waals surface area contributed by atoms with E-state index in [2.05, 4.69) is 13.2 Å². The number of carboxylic acid groups (broad SMARTS) is 2. The van der Waals surface area contributed by atoms with Crippen molar-refractivity contribution in [3.05, 3.63) is 25.3 Å². The first kappa shape index (κ1) is 14.7. The molecule has 0 heterocycles. The Bertz CT molecular complexity index is 353. The van der Waals surface area contributed by atoms with E-state index in [1.807, 2.05) is 0 Å². The average Bonchev–Trinajstić information content (AvgIpc) is 2.21. The molecule has 94 valence electrons. The van der Waals surface area contributed by atoms with Crippen LogP contribution in [0.5, 0.6) is 0 Å². The molecule has 0 aliphatic carbocycles. The minimum atomic E-state index is -1.61. The third-order valence-corrected chi connectivity index (χ3v) is 2.08. The van der Waals surface area contributed by atoms with Gasteiger partial charge in [-0.3, -0.25) is 4.79 Å². The second-order valence-electron chi connectivity index (χ2n) is 3.16. The Kier molecular flexibility index (Phi) is 5.45. The number of hydrogen-bond acceptors (Lipinski definition) is 3. The molecule has 0 radical (unpaired) electrons. The van der Waals surface area contributed by atoms with Gasteiger partial charge in [0.15, 0.2) is 0 Å². The number of nitrogens with two attached hydrogens (primary N) is 1. The summed E-state index contributed by atoms with van der Waals surface area (Å²) in [6.07, 6.45) is 2.20. The zero-order valence-corrected chi connectivity index (χ0v) is 9.07. The van der Waals surface area contributed by atoms with Crippen LogP contribution in [-0.4, -0.2) is 45.7 Å². The summed E-state index contributed by atoms with van der Waals surface area (Å²) in [5.41, 5.74) is 5.00. The van der Waals surface area contributed by atoms with Crippen LogP contribution in [0.3, 0.4) is 0 Å². The minimum Gasteiger partial charge on any atom is -0.481 e. The van der Waals surface area contributed by atoms with Crippen molar-refractivity contribution in [2.24, 2.45) is 11.7 Å². The van der Waals surface area contributed by atoms with Gasteiger partial charge in [0.2, 0.25) is 0 Å². The van der Waals surface area contributed by atoms with Gasteiger partial charge in [-0.2, -0.15) is 0 Å². The van der Waals surface area contributed by atoms with Gasteiger partial charge in [0, 0.05) is 6.54 Å². The lowest BCUT2D eigenvalue weighted by Crippen LogP contribution is -2.52. The van der Waals surface area contributed by atoms with E-state index in [9.17, 15) is 14.4 Å². The van der Waals surface area contributed by atoms with E-state index >= 15 is 0 Å². The Labute approximate surface area is 97.8 Å². The van der Waals surface area contributed by atoms with Crippen LogP contribution in [0, 0.1) is 5.92 Å². The molecule has 0 aromatic rings. The number of rotatable bonds is 7. The molecule has 0 saturated carbocycles. The zero-order chi connectivity index (χ0) is 13.6. The Hall–Kier alpha value is -2.31. The minimum absolute atomic E-state index is 0.163. The van der Waals surface area contributed by atoms with E-state index in [1.165, 1.54) is 6.08 Å². The van der Waals surface area contributed by atoms with Crippen molar-refractivity contribution in [1.82, 2.24) is 4.90 Å². The lowest BCUT2D eigenvalue weighted by atomic mass is 9.98. The zero-order valence-electron chi connectivity index (χ0n) is 9.07. The summed E-state index contributed by atoms with van der Waals surface area (Å²) in [6.45, 7) is 6.41. The highest BCUT2D eigenvalue weighted by atomic mass is 16.4. The number of urea groups is 1. The molecule has 2 atom stereocenters. The molecule has 0 aliphatic heterocycles. The molecule has 0 saturated heterocycles. The third-order valence-electron chi connectivity index (χ3n) is 2.08. The van der Waals surface area contributed by atoms with Crippen molar-refractivity contribution >= 4 is 18.0 Å². The fourth-order valence-electron chi connectivity index (χ4n) is 1.33. The monoisotopic (exact) mass is 242 g/mol. The second-order valence-corrected chi connectivity index (χ2v) is 3.16. The summed E-state index contributed by atoms with van der Waals surface area (Å²) in [7, 11) is 0. The van der Waals surface area contributed by atoms with Gasteiger partial charge in [-0.25, -0.2) is 9.59 Å². The molecule has 4 N–H and O–H groups in total. The first-order chi connectivity index (χ1) is 7.86. The number of amides is 2. The molecule has 0 aliphatic rings. The molecule has 7 nitrogen and oxygen atoms in total. The smallest absolute Gasteiger partial charge is 0.327 e. The standard InChI is InChI=1S/C10H14N2O5/c1-3-5-12(10(11)17)7(9(15)16)6(4-2)8(13)14/h3-4,6-7H,1-2,5H2,(H2,11,17)(H,13,14)(H,15,16). The molecule has 0 aromatic carbocycles. The number of carbonyl (C=O) groups excluding carboxylic acids is 1. The predicted molar refractivity (Wildman–Crippen MR) is 59.2 cm³/mol. The third kappa shape index (κ3) is 3.63. The first-order valence-electron chi connectivity index (χ1n) is 4.62. The van der Waals surface area contributed by atoms with Gasteiger partial charge in [-0.05, 0) is 0 Å². The summed E-state index contributed by atoms with van der Waals surface area (Å²) in [4.78, 5) is 33.7. The summed E-state index contributed by atoms with van der Waals surface area (Å²) >= 11 is 0. The van der Waals surface area contributed by atoms with E-state index in [1.54, 1.807) is 0 Å². The number of nitrogens with zero attached hydrogens (tertiary/aromatic N) is 1. The predicted octanol–water partition coefficient (Wildman–Crippen LogP) is -0.107. The van der Waals surface area contributed by atoms with Gasteiger partial charge in [0.25, 0.3) is 0 Å². The SMILES string of the molecule is C=CCN(C(N)=O)C(C(=O)O)C(C=C)C(=O)O. The molecule has 0 fully saturated rings. The largest absolute Gasteiger partial charge is 0.481 e. The van der Waals surface area contributed by atoms with E-state index in [4.69, 9.17) is 15.9 Å². The molecule has 7 heteroatoms. The molecule has 17 heavy (non-hydrogen) atoms. The lowest BCUT2D eigenvalue weighted by molar-refractivity contribution is -0.151. The van der Waals surface area contributed by atoms with Gasteiger partial charge in [0.05, 0.1) is 0 Å². The van der Waals surface area contributed by atoms with Crippen molar-refractivity contribution in [3.8, 4) is 0 Å². The fraction of sp³-hybridized carbons (Fsp3) is 0.300. The second kappa shape index (κ2) is 6.31. The van der Waals surface area contributed by atoms with Crippen LogP contribution in [0.4, 0.5) is 4.79 Å². The van der Waals surface area contributed by atoms with Crippen LogP contribution in [0.2, 0.25) is 0 Å². The molecular weight excluding hydrogens is 228 g/mol. The van der Waals surface area contributed by atoms with Crippen LogP contribution in [0.1, 0.15) is 0 Å². The Morgan fingerprint density at radius 3 is 2.00 bits per heavy atom. The maximum absolute atomic E-state index is 11.1. The first-order valence-corrected chi connectivity index (χ1v) is 4.62. The number of hydrogen-bond donors (Lipinski definition) is 3. The highest BCUT2D eigenvalue weighted by Crippen LogP contribution is 2.14. The number of carboxylic acids is 2. The van der Waals surface area contributed by atoms with Crippen molar-refractivity contribution in [2.45, 2.75) is 6.04 Å². The van der Waals surface area contributed by atoms with Crippen molar-refractivity contribution in [1.29, 1.82) is 0 Å². The van der Waals surface area contributed by atoms with Crippen LogP contribution in [0.15, 0.2) is 25.3 Å². The maximum Gasteiger partial charge on any atom is 0.327 e. The van der Waals surface area contributed by atoms with Crippen molar-refractivity contribution < 1.29 is 24.6 Å². The molecule has 2 amide bonds. The quantitative estimate of drug-likeness (QED) is 0.538. The van der Waals surface area contributed by atoms with Crippen LogP contribution >= 0.6 is 0 Å². The van der Waals surface area contributed by atoms with Crippen LogP contribution in [0.25, 0.3) is 0 Å². The van der Waals surface area contributed by atoms with Gasteiger partial charge >= 0.3 is 18.0 Å². The molecule has 0 aromatic heterocycles. The van der Waals surface area contributed by atoms with Gasteiger partial charge in [-0.1, -0.05) is 12.2 Å². The van der Waals surface area contributed by atoms with Crippen molar-refractivity contribution in [3.63, 3.8) is 0 Å². The number of primary amides is 1. The normalized spacial score (nSPS) is 13.2. The van der Waals surface area contributed by atoms with Crippen LogP contribution < -0.4 is 5.73 Å². The summed E-state index contributed by atoms with van der Waals surface area (Å²) in [5.74, 6) is -4.32. The van der Waals surface area contributed by atoms with E-state index < -0.39 is 29.9 Å². The number of aliphatic carboxylic acids is 2. The Balaban J connectivity index is 5.37. The van der Waals surface area contributed by atoms with Gasteiger partial charge in [-0.15, -0.1) is 13.2 Å². The van der Waals surface area contributed by atoms with E-state index in [0.29, 0.717) is 4.90 Å². The van der Waals surface area contributed by atoms with E-state index in [0.717, 1.165) is 6.08 Å². The summed E-state index contributed by atoms with van der Waals surface area (Å²) in [5, 5.41) is 17.8. The average molecular weight is 242 g/mol. The highest BCUT2D eigenvalue weighted by Gasteiger charge is 2.37. The maximum atomic E-state index is 11.1. The van der Waals surface area contributed by atoms with Crippen molar-refractivity contribution in [2.75, 3.05) is 6.54 Å². The molecular formula is C10H14N2O5. The topological polar surface area (TPSA) is 121 Å². The Morgan fingerprint density at radius 1 is 1.24 bits per heavy atom. The summed E-state index contributed by atoms with van der Waals surface area (Å²) < 4.78 is 0. The van der Waals surface area contributed by atoms with Gasteiger partial charge < -0.3 is 20.8 Å². The molecule has 0 rings (SSSR count).